The van der Waals surface area contributed by atoms with Gasteiger partial charge in [-0.25, -0.2) is 4.79 Å². The number of carbonyl (C=O) groups is 1. The minimum Gasteiger partial charge on any atom is -0.339 e. The Labute approximate surface area is 185 Å². The van der Waals surface area contributed by atoms with Gasteiger partial charge in [-0.1, -0.05) is 23.4 Å². The molecule has 0 radical (unpaired) electrons. The van der Waals surface area contributed by atoms with Gasteiger partial charge in [0.1, 0.15) is 5.69 Å². The van der Waals surface area contributed by atoms with Crippen LogP contribution in [0, 0.1) is 0 Å². The summed E-state index contributed by atoms with van der Waals surface area (Å²) < 4.78 is 7.33. The second-order valence-corrected chi connectivity index (χ2v) is 7.77. The van der Waals surface area contributed by atoms with Gasteiger partial charge in [-0.2, -0.15) is 10.1 Å². The number of hydrogen-bond acceptors (Lipinski definition) is 6. The Kier molecular flexibility index (Phi) is 5.61. The van der Waals surface area contributed by atoms with E-state index in [4.69, 9.17) is 4.52 Å². The zero-order chi connectivity index (χ0) is 21.8. The molecule has 0 atom stereocenters. The van der Waals surface area contributed by atoms with Crippen LogP contribution in [-0.4, -0.2) is 48.9 Å². The molecule has 0 aliphatic carbocycles. The molecule has 0 saturated carbocycles. The molecule has 1 fully saturated rings. The van der Waals surface area contributed by atoms with Crippen molar-refractivity contribution in [2.45, 2.75) is 25.3 Å². The molecule has 3 aromatic heterocycles. The van der Waals surface area contributed by atoms with Crippen LogP contribution in [0.5, 0.6) is 0 Å². The molecule has 32 heavy (non-hydrogen) atoms. The maximum atomic E-state index is 12.8. The first kappa shape index (κ1) is 19.9. The second kappa shape index (κ2) is 9.01. The van der Waals surface area contributed by atoms with E-state index in [1.807, 2.05) is 64.3 Å². The number of anilines is 1. The van der Waals surface area contributed by atoms with Crippen LogP contribution in [0.4, 0.5) is 10.5 Å². The summed E-state index contributed by atoms with van der Waals surface area (Å²) in [6, 6.07) is 15.2. The van der Waals surface area contributed by atoms with Gasteiger partial charge in [-0.05, 0) is 48.7 Å². The highest BCUT2D eigenvalue weighted by molar-refractivity contribution is 5.89. The van der Waals surface area contributed by atoms with E-state index in [9.17, 15) is 4.79 Å². The van der Waals surface area contributed by atoms with Crippen molar-refractivity contribution < 1.29 is 9.32 Å². The number of aromatic nitrogens is 5. The summed E-state index contributed by atoms with van der Waals surface area (Å²) in [6.45, 7) is 1.92. The molecular formula is C23H23N7O2. The molecule has 9 nitrogen and oxygen atoms in total. The van der Waals surface area contributed by atoms with Gasteiger partial charge in [-0.3, -0.25) is 9.67 Å². The van der Waals surface area contributed by atoms with Gasteiger partial charge in [0.25, 0.3) is 0 Å². The van der Waals surface area contributed by atoms with Crippen molar-refractivity contribution in [1.82, 2.24) is 29.8 Å². The van der Waals surface area contributed by atoms with Gasteiger partial charge in [0.15, 0.2) is 0 Å². The van der Waals surface area contributed by atoms with Crippen molar-refractivity contribution in [3.8, 4) is 11.5 Å². The van der Waals surface area contributed by atoms with E-state index < -0.39 is 0 Å². The summed E-state index contributed by atoms with van der Waals surface area (Å²) >= 11 is 0. The first-order valence-corrected chi connectivity index (χ1v) is 10.6. The number of rotatable bonds is 5. The average molecular weight is 429 g/mol. The highest BCUT2D eigenvalue weighted by atomic mass is 16.5. The van der Waals surface area contributed by atoms with Gasteiger partial charge < -0.3 is 14.7 Å². The van der Waals surface area contributed by atoms with Gasteiger partial charge >= 0.3 is 6.03 Å². The highest BCUT2D eigenvalue weighted by Crippen LogP contribution is 2.28. The van der Waals surface area contributed by atoms with E-state index in [0.717, 1.165) is 24.1 Å². The fraction of sp³-hybridized carbons (Fsp3) is 0.261. The molecule has 2 amide bonds. The monoisotopic (exact) mass is 429 g/mol. The molecule has 4 heterocycles. The lowest BCUT2D eigenvalue weighted by Crippen LogP contribution is -2.40. The van der Waals surface area contributed by atoms with Crippen molar-refractivity contribution in [3.63, 3.8) is 0 Å². The van der Waals surface area contributed by atoms with Gasteiger partial charge in [0.2, 0.25) is 11.7 Å². The van der Waals surface area contributed by atoms with E-state index in [1.54, 1.807) is 12.4 Å². The smallest absolute Gasteiger partial charge is 0.321 e. The molecule has 0 unspecified atom stereocenters. The quantitative estimate of drug-likeness (QED) is 0.518. The normalized spacial score (nSPS) is 14.4. The summed E-state index contributed by atoms with van der Waals surface area (Å²) in [7, 11) is 0. The molecule has 0 bridgehead atoms. The number of pyridine rings is 1. The molecule has 4 aromatic rings. The van der Waals surface area contributed by atoms with Gasteiger partial charge in [0, 0.05) is 43.3 Å². The fourth-order valence-electron chi connectivity index (χ4n) is 3.86. The second-order valence-electron chi connectivity index (χ2n) is 7.77. The number of hydrogen-bond donors (Lipinski definition) is 1. The van der Waals surface area contributed by atoms with Gasteiger partial charge in [0.05, 0.1) is 6.54 Å². The zero-order valence-corrected chi connectivity index (χ0v) is 17.5. The molecule has 1 aliphatic rings. The standard InChI is InChI=1S/C23H23N7O2/c31-23(26-19-6-3-5-17(15-19)16-30-12-4-11-25-30)29-13-8-18(9-14-29)22-27-21(28-32-22)20-7-1-2-10-24-20/h1-7,10-12,15,18H,8-9,13-14,16H2,(H,26,31). The lowest BCUT2D eigenvalue weighted by molar-refractivity contribution is 0.187. The number of nitrogens with zero attached hydrogens (tertiary/aromatic N) is 6. The predicted molar refractivity (Wildman–Crippen MR) is 118 cm³/mol. The summed E-state index contributed by atoms with van der Waals surface area (Å²) in [5.41, 5.74) is 2.54. The van der Waals surface area contributed by atoms with E-state index in [1.165, 1.54) is 0 Å². The fourth-order valence-corrected chi connectivity index (χ4v) is 3.86. The van der Waals surface area contributed by atoms with E-state index in [0.29, 0.717) is 37.0 Å². The molecule has 162 valence electrons. The van der Waals surface area contributed by atoms with E-state index >= 15 is 0 Å². The SMILES string of the molecule is O=C(Nc1cccc(Cn2cccn2)c1)N1CCC(c2nc(-c3ccccn3)no2)CC1. The van der Waals surface area contributed by atoms with Crippen LogP contribution in [0.25, 0.3) is 11.5 Å². The minimum absolute atomic E-state index is 0.0978. The van der Waals surface area contributed by atoms with E-state index in [2.05, 4.69) is 25.5 Å². The van der Waals surface area contributed by atoms with Crippen LogP contribution in [0.1, 0.15) is 30.2 Å². The van der Waals surface area contributed by atoms with Crippen molar-refractivity contribution in [2.75, 3.05) is 18.4 Å². The van der Waals surface area contributed by atoms with Crippen LogP contribution in [0.2, 0.25) is 0 Å². The molecule has 1 N–H and O–H groups in total. The Hall–Kier alpha value is -4.01. The third-order valence-corrected chi connectivity index (χ3v) is 5.55. The minimum atomic E-state index is -0.0978. The summed E-state index contributed by atoms with van der Waals surface area (Å²) in [4.78, 5) is 23.4. The van der Waals surface area contributed by atoms with Crippen molar-refractivity contribution >= 4 is 11.7 Å². The first-order valence-electron chi connectivity index (χ1n) is 10.6. The number of nitrogens with one attached hydrogen (secondary N) is 1. The van der Waals surface area contributed by atoms with Crippen LogP contribution in [0.3, 0.4) is 0 Å². The summed E-state index contributed by atoms with van der Waals surface area (Å²) in [6.07, 6.45) is 6.92. The van der Waals surface area contributed by atoms with Gasteiger partial charge in [-0.15, -0.1) is 0 Å². The maximum absolute atomic E-state index is 12.8. The van der Waals surface area contributed by atoms with Crippen LogP contribution in [-0.2, 0) is 6.54 Å². The van der Waals surface area contributed by atoms with Crippen LogP contribution in [0.15, 0.2) is 71.6 Å². The topological polar surface area (TPSA) is 102 Å². The van der Waals surface area contributed by atoms with Crippen molar-refractivity contribution in [1.29, 1.82) is 0 Å². The number of piperidine rings is 1. The van der Waals surface area contributed by atoms with Crippen LogP contribution >= 0.6 is 0 Å². The number of benzene rings is 1. The number of carbonyl (C=O) groups excluding carboxylic acids is 1. The molecule has 1 saturated heterocycles. The lowest BCUT2D eigenvalue weighted by atomic mass is 9.97. The average Bonchev–Trinajstić information content (AvgIpc) is 3.53. The highest BCUT2D eigenvalue weighted by Gasteiger charge is 2.28. The Morgan fingerprint density at radius 1 is 1.09 bits per heavy atom. The predicted octanol–water partition coefficient (Wildman–Crippen LogP) is 3.79. The molecule has 5 rings (SSSR count). The third-order valence-electron chi connectivity index (χ3n) is 5.55. The molecule has 0 spiro atoms. The Bertz CT molecular complexity index is 1170. The number of likely N-dealkylation sites (tertiary alicyclic amines) is 1. The van der Waals surface area contributed by atoms with Crippen molar-refractivity contribution in [2.24, 2.45) is 0 Å². The largest absolute Gasteiger partial charge is 0.339 e. The Balaban J connectivity index is 1.16. The molecule has 9 heteroatoms. The molecular weight excluding hydrogens is 406 g/mol. The summed E-state index contributed by atoms with van der Waals surface area (Å²) in [5.74, 6) is 1.24. The van der Waals surface area contributed by atoms with Crippen LogP contribution < -0.4 is 5.32 Å². The molecule has 1 aliphatic heterocycles. The maximum Gasteiger partial charge on any atom is 0.321 e. The third kappa shape index (κ3) is 4.51. The first-order chi connectivity index (χ1) is 15.7. The van der Waals surface area contributed by atoms with E-state index in [-0.39, 0.29) is 11.9 Å². The Morgan fingerprint density at radius 2 is 2.00 bits per heavy atom. The number of urea groups is 1. The molecule has 1 aromatic carbocycles. The van der Waals surface area contributed by atoms with Crippen molar-refractivity contribution in [3.05, 3.63) is 78.6 Å². The summed E-state index contributed by atoms with van der Waals surface area (Å²) in [5, 5.41) is 11.3. The lowest BCUT2D eigenvalue weighted by Gasteiger charge is -2.30. The number of amides is 2. The zero-order valence-electron chi connectivity index (χ0n) is 17.5. The Morgan fingerprint density at radius 3 is 2.78 bits per heavy atom.